The smallest absolute Gasteiger partial charge is 0.279 e. The van der Waals surface area contributed by atoms with Gasteiger partial charge in [-0.25, -0.2) is 4.99 Å². The molecule has 0 saturated heterocycles. The summed E-state index contributed by atoms with van der Waals surface area (Å²) in [5.74, 6) is -0.261. The number of carbonyl (C=O) groups excluding carboxylic acids is 1. The van der Waals surface area contributed by atoms with Gasteiger partial charge in [0.05, 0.1) is 16.4 Å². The summed E-state index contributed by atoms with van der Waals surface area (Å²) in [7, 11) is 3.84. The number of fused-ring (bicyclic) bond motifs is 3. The molecule has 4 rings (SSSR count). The third-order valence-electron chi connectivity index (χ3n) is 5.81. The summed E-state index contributed by atoms with van der Waals surface area (Å²) in [6, 6.07) is 19.6. The summed E-state index contributed by atoms with van der Waals surface area (Å²) in [5.41, 5.74) is 11.8. The molecule has 4 aromatic rings. The molecule has 1 aromatic heterocycles. The van der Waals surface area contributed by atoms with Crippen LogP contribution in [0.4, 0.5) is 5.69 Å². The van der Waals surface area contributed by atoms with Crippen molar-refractivity contribution in [2.45, 2.75) is 32.7 Å². The zero-order valence-electron chi connectivity index (χ0n) is 19.4. The summed E-state index contributed by atoms with van der Waals surface area (Å²) in [4.78, 5) is 23.0. The van der Waals surface area contributed by atoms with Gasteiger partial charge in [0.1, 0.15) is 0 Å². The number of hydrogen-bond acceptors (Lipinski definition) is 3. The molecule has 0 spiro atoms. The molecule has 3 N–H and O–H groups in total. The van der Waals surface area contributed by atoms with E-state index >= 15 is 0 Å². The normalized spacial score (nSPS) is 12.5. The Labute approximate surface area is 188 Å². The minimum Gasteiger partial charge on any atom is -0.377 e. The minimum absolute atomic E-state index is 0.0203. The molecule has 164 valence electrons. The van der Waals surface area contributed by atoms with Crippen LogP contribution in [0.5, 0.6) is 0 Å². The zero-order chi connectivity index (χ0) is 23.0. The maximum Gasteiger partial charge on any atom is 0.279 e. The van der Waals surface area contributed by atoms with Gasteiger partial charge in [0.15, 0.2) is 0 Å². The van der Waals surface area contributed by atoms with Crippen molar-refractivity contribution in [1.82, 2.24) is 4.98 Å². The van der Waals surface area contributed by atoms with Crippen LogP contribution in [-0.2, 0) is 12.0 Å². The van der Waals surface area contributed by atoms with Crippen LogP contribution in [-0.4, -0.2) is 25.0 Å². The Morgan fingerprint density at radius 3 is 2.47 bits per heavy atom. The summed E-state index contributed by atoms with van der Waals surface area (Å²) in [6.45, 7) is 7.08. The molecule has 5 nitrogen and oxygen atoms in total. The third-order valence-corrected chi connectivity index (χ3v) is 5.81. The van der Waals surface area contributed by atoms with E-state index in [4.69, 9.17) is 5.73 Å². The van der Waals surface area contributed by atoms with E-state index < -0.39 is 0 Å². The number of H-pyrrole nitrogens is 1. The molecule has 0 aliphatic rings. The van der Waals surface area contributed by atoms with Gasteiger partial charge in [0.25, 0.3) is 5.91 Å². The number of benzene rings is 2. The Bertz CT molecular complexity index is 1390. The van der Waals surface area contributed by atoms with Crippen molar-refractivity contribution in [2.24, 2.45) is 10.7 Å². The predicted molar refractivity (Wildman–Crippen MR) is 133 cm³/mol. The highest BCUT2D eigenvalue weighted by Crippen LogP contribution is 2.35. The Kier molecular flexibility index (Phi) is 5.61. The molecule has 0 unspecified atom stereocenters. The number of aromatic nitrogens is 1. The van der Waals surface area contributed by atoms with E-state index in [0.717, 1.165) is 33.1 Å². The molecule has 1 heterocycles. The van der Waals surface area contributed by atoms with Crippen LogP contribution < -0.4 is 16.0 Å². The van der Waals surface area contributed by atoms with Gasteiger partial charge in [-0.05, 0) is 40.8 Å². The summed E-state index contributed by atoms with van der Waals surface area (Å²) in [5, 5.41) is 2.83. The fourth-order valence-corrected chi connectivity index (χ4v) is 4.23. The topological polar surface area (TPSA) is 74.5 Å². The number of nitrogens with one attached hydrogen (secondary N) is 1. The van der Waals surface area contributed by atoms with Crippen LogP contribution in [0.1, 0.15) is 42.3 Å². The maximum absolute atomic E-state index is 13.0. The van der Waals surface area contributed by atoms with Crippen LogP contribution in [0.2, 0.25) is 0 Å². The highest BCUT2D eigenvalue weighted by Gasteiger charge is 2.20. The van der Waals surface area contributed by atoms with Crippen molar-refractivity contribution in [3.8, 4) is 0 Å². The van der Waals surface area contributed by atoms with Gasteiger partial charge in [-0.1, -0.05) is 57.2 Å². The molecular weight excluding hydrogens is 396 g/mol. The SMILES string of the molecule is CN(C)c1ccccc1C(=O)N=c1cccc2c(c1)[nH]c1c(C(C)(C)C)ccc(CN)c12. The van der Waals surface area contributed by atoms with Crippen molar-refractivity contribution < 1.29 is 4.79 Å². The lowest BCUT2D eigenvalue weighted by molar-refractivity contribution is 0.0999. The molecule has 0 atom stereocenters. The molecule has 5 heteroatoms. The second kappa shape index (κ2) is 8.24. The fourth-order valence-electron chi connectivity index (χ4n) is 4.23. The number of hydrogen-bond donors (Lipinski definition) is 2. The first kappa shape index (κ1) is 21.8. The van der Waals surface area contributed by atoms with E-state index in [1.54, 1.807) is 0 Å². The molecule has 0 radical (unpaired) electrons. The Balaban J connectivity index is 1.95. The number of nitrogens with zero attached hydrogens (tertiary/aromatic N) is 2. The number of carbonyl (C=O) groups is 1. The molecule has 0 fully saturated rings. The Hall–Kier alpha value is -3.44. The fraction of sp³-hybridized carbons (Fsp3) is 0.259. The monoisotopic (exact) mass is 426 g/mol. The first-order valence-corrected chi connectivity index (χ1v) is 10.8. The molecule has 1 amide bonds. The van der Waals surface area contributed by atoms with Crippen LogP contribution in [0.3, 0.4) is 0 Å². The maximum atomic E-state index is 13.0. The lowest BCUT2D eigenvalue weighted by Gasteiger charge is -2.20. The summed E-state index contributed by atoms with van der Waals surface area (Å²) < 4.78 is 0. The lowest BCUT2D eigenvalue weighted by atomic mass is 9.84. The van der Waals surface area contributed by atoms with E-state index in [1.807, 2.05) is 61.5 Å². The van der Waals surface area contributed by atoms with Crippen molar-refractivity contribution in [1.29, 1.82) is 0 Å². The van der Waals surface area contributed by atoms with Crippen molar-refractivity contribution >= 4 is 33.4 Å². The quantitative estimate of drug-likeness (QED) is 0.490. The summed E-state index contributed by atoms with van der Waals surface area (Å²) >= 11 is 0. The van der Waals surface area contributed by atoms with Crippen LogP contribution in [0, 0.1) is 0 Å². The first-order chi connectivity index (χ1) is 15.2. The largest absolute Gasteiger partial charge is 0.377 e. The average Bonchev–Trinajstić information content (AvgIpc) is 2.98. The lowest BCUT2D eigenvalue weighted by Crippen LogP contribution is -2.14. The summed E-state index contributed by atoms with van der Waals surface area (Å²) in [6.07, 6.45) is 0. The molecule has 0 saturated carbocycles. The number of amides is 1. The molecule has 0 bridgehead atoms. The van der Waals surface area contributed by atoms with Gasteiger partial charge in [-0.15, -0.1) is 0 Å². The number of nitrogens with two attached hydrogens (primary N) is 1. The molecule has 0 aliphatic heterocycles. The van der Waals surface area contributed by atoms with Gasteiger partial charge >= 0.3 is 0 Å². The van der Waals surface area contributed by atoms with E-state index in [9.17, 15) is 4.79 Å². The second-order valence-electron chi connectivity index (χ2n) is 9.35. The zero-order valence-corrected chi connectivity index (χ0v) is 19.4. The van der Waals surface area contributed by atoms with E-state index in [1.165, 1.54) is 5.56 Å². The van der Waals surface area contributed by atoms with Gasteiger partial charge in [0.2, 0.25) is 0 Å². The van der Waals surface area contributed by atoms with Gasteiger partial charge in [-0.2, -0.15) is 0 Å². The Morgan fingerprint density at radius 1 is 1.03 bits per heavy atom. The third kappa shape index (κ3) is 3.92. The predicted octanol–water partition coefficient (Wildman–Crippen LogP) is 4.88. The molecular formula is C27H30N4O. The van der Waals surface area contributed by atoms with Gasteiger partial charge in [0, 0.05) is 42.6 Å². The number of rotatable bonds is 3. The standard InChI is InChI=1S/C27H30N4O/c1-27(2,3)21-14-13-17(16-28)24-19-11-8-9-18(15-22(19)30-25(21)24)29-26(32)20-10-6-7-12-23(20)31(4)5/h6-15,30H,16,28H2,1-5H3. The number of aromatic amines is 1. The van der Waals surface area contributed by atoms with Crippen LogP contribution in [0.15, 0.2) is 65.7 Å². The first-order valence-electron chi connectivity index (χ1n) is 10.8. The van der Waals surface area contributed by atoms with E-state index in [2.05, 4.69) is 48.9 Å². The molecule has 0 aliphatic carbocycles. The van der Waals surface area contributed by atoms with Crippen LogP contribution in [0.25, 0.3) is 21.8 Å². The van der Waals surface area contributed by atoms with Crippen LogP contribution >= 0.6 is 0 Å². The highest BCUT2D eigenvalue weighted by molar-refractivity contribution is 6.10. The number of para-hydroxylation sites is 1. The average molecular weight is 427 g/mol. The van der Waals surface area contributed by atoms with Crippen molar-refractivity contribution in [2.75, 3.05) is 19.0 Å². The minimum atomic E-state index is -0.261. The highest BCUT2D eigenvalue weighted by atomic mass is 16.1. The van der Waals surface area contributed by atoms with E-state index in [0.29, 0.717) is 17.5 Å². The Morgan fingerprint density at radius 2 is 1.78 bits per heavy atom. The van der Waals surface area contributed by atoms with Crippen molar-refractivity contribution in [3.05, 3.63) is 82.7 Å². The number of anilines is 1. The second-order valence-corrected chi connectivity index (χ2v) is 9.35. The van der Waals surface area contributed by atoms with Gasteiger partial charge < -0.3 is 15.6 Å². The van der Waals surface area contributed by atoms with E-state index in [-0.39, 0.29) is 11.3 Å². The molecule has 3 aromatic carbocycles. The van der Waals surface area contributed by atoms with Crippen molar-refractivity contribution in [3.63, 3.8) is 0 Å². The van der Waals surface area contributed by atoms with Gasteiger partial charge in [-0.3, -0.25) is 4.79 Å². The molecule has 32 heavy (non-hydrogen) atoms.